The van der Waals surface area contributed by atoms with Crippen LogP contribution < -0.4 is 5.73 Å². The summed E-state index contributed by atoms with van der Waals surface area (Å²) >= 11 is 7.93. The fourth-order valence-electron chi connectivity index (χ4n) is 5.73. The van der Waals surface area contributed by atoms with E-state index >= 15 is 0 Å². The van der Waals surface area contributed by atoms with Gasteiger partial charge in [-0.2, -0.15) is 8.42 Å². The summed E-state index contributed by atoms with van der Waals surface area (Å²) in [7, 11) is -4.25. The van der Waals surface area contributed by atoms with Crippen LogP contribution in [-0.2, 0) is 20.3 Å². The number of nitrogens with two attached hydrogens (primary N) is 1. The van der Waals surface area contributed by atoms with E-state index in [1.807, 2.05) is 54.6 Å². The molecule has 5 rings (SSSR count). The SMILES string of the molecule is CCC(c1ccc(-c2cc(C(=O)N3CCC(C(N)=O)(c4ccccc4)CC3)sc2-c2ccccc2Cl)cc1)S(=O)(=O)O. The minimum Gasteiger partial charge on any atom is -0.369 e. The van der Waals surface area contributed by atoms with Crippen molar-refractivity contribution in [2.24, 2.45) is 5.73 Å². The molecular weight excluding hydrogens is 592 g/mol. The maximum atomic E-state index is 13.8. The molecule has 3 N–H and O–H groups in total. The highest BCUT2D eigenvalue weighted by atomic mass is 35.5. The van der Waals surface area contributed by atoms with Gasteiger partial charge in [-0.3, -0.25) is 14.1 Å². The van der Waals surface area contributed by atoms with Crippen LogP contribution in [0.3, 0.4) is 0 Å². The number of halogens is 1. The third kappa shape index (κ3) is 5.74. The van der Waals surface area contributed by atoms with Crippen LogP contribution in [0.15, 0.2) is 84.9 Å². The first-order valence-corrected chi connectivity index (χ1v) is 16.3. The summed E-state index contributed by atoms with van der Waals surface area (Å²) in [5.41, 5.74) is 8.78. The number of likely N-dealkylation sites (tertiary alicyclic amines) is 1. The second-order valence-corrected chi connectivity index (χ2v) is 13.5. The summed E-state index contributed by atoms with van der Waals surface area (Å²) in [5, 5.41) is -0.475. The minimum atomic E-state index is -4.25. The Hall–Kier alpha value is -3.50. The Labute approximate surface area is 254 Å². The van der Waals surface area contributed by atoms with Crippen molar-refractivity contribution < 1.29 is 22.6 Å². The Balaban J connectivity index is 1.48. The molecule has 1 aliphatic heterocycles. The van der Waals surface area contributed by atoms with Crippen molar-refractivity contribution in [3.05, 3.63) is 106 Å². The first kappa shape index (κ1) is 30.0. The monoisotopic (exact) mass is 622 g/mol. The first-order valence-electron chi connectivity index (χ1n) is 13.6. The lowest BCUT2D eigenvalue weighted by Crippen LogP contribution is -2.51. The second-order valence-electron chi connectivity index (χ2n) is 10.5. The number of carbonyl (C=O) groups is 2. The fraction of sp³-hybridized carbons (Fsp3) is 0.250. The first-order chi connectivity index (χ1) is 20.0. The topological polar surface area (TPSA) is 118 Å². The number of primary amides is 1. The highest BCUT2D eigenvalue weighted by Gasteiger charge is 2.42. The van der Waals surface area contributed by atoms with E-state index in [1.165, 1.54) is 11.3 Å². The molecule has 10 heteroatoms. The van der Waals surface area contributed by atoms with Gasteiger partial charge in [0.2, 0.25) is 5.91 Å². The Kier molecular flexibility index (Phi) is 8.57. The van der Waals surface area contributed by atoms with Crippen LogP contribution >= 0.6 is 22.9 Å². The zero-order chi connectivity index (χ0) is 30.1. The molecule has 1 atom stereocenters. The van der Waals surface area contributed by atoms with E-state index in [1.54, 1.807) is 42.2 Å². The van der Waals surface area contributed by atoms with Crippen molar-refractivity contribution in [3.63, 3.8) is 0 Å². The third-order valence-corrected chi connectivity index (χ3v) is 10.9. The van der Waals surface area contributed by atoms with E-state index in [9.17, 15) is 22.6 Å². The molecule has 2 amide bonds. The number of benzene rings is 3. The van der Waals surface area contributed by atoms with Crippen LogP contribution in [0.5, 0.6) is 0 Å². The van der Waals surface area contributed by atoms with Crippen molar-refractivity contribution >= 4 is 44.9 Å². The van der Waals surface area contributed by atoms with Gasteiger partial charge < -0.3 is 10.6 Å². The van der Waals surface area contributed by atoms with Gasteiger partial charge in [-0.1, -0.05) is 91.3 Å². The molecule has 2 heterocycles. The lowest BCUT2D eigenvalue weighted by Gasteiger charge is -2.40. The molecule has 42 heavy (non-hydrogen) atoms. The minimum absolute atomic E-state index is 0.139. The van der Waals surface area contributed by atoms with Crippen LogP contribution in [0.1, 0.15) is 52.2 Å². The highest BCUT2D eigenvalue weighted by molar-refractivity contribution is 7.86. The van der Waals surface area contributed by atoms with E-state index in [4.69, 9.17) is 17.3 Å². The van der Waals surface area contributed by atoms with Crippen molar-refractivity contribution in [2.45, 2.75) is 36.9 Å². The maximum absolute atomic E-state index is 13.8. The molecule has 1 aromatic heterocycles. The van der Waals surface area contributed by atoms with Crippen molar-refractivity contribution in [1.82, 2.24) is 4.90 Å². The molecule has 1 saturated heterocycles. The van der Waals surface area contributed by atoms with Crippen molar-refractivity contribution in [2.75, 3.05) is 13.1 Å². The van der Waals surface area contributed by atoms with Gasteiger partial charge in [0.25, 0.3) is 16.0 Å². The van der Waals surface area contributed by atoms with Gasteiger partial charge in [0.15, 0.2) is 0 Å². The predicted molar refractivity (Wildman–Crippen MR) is 167 cm³/mol. The third-order valence-electron chi connectivity index (χ3n) is 8.09. The van der Waals surface area contributed by atoms with Gasteiger partial charge >= 0.3 is 0 Å². The number of nitrogens with zero attached hydrogens (tertiary/aromatic N) is 1. The van der Waals surface area contributed by atoms with Gasteiger partial charge in [0, 0.05) is 34.1 Å². The zero-order valence-electron chi connectivity index (χ0n) is 23.0. The number of amides is 2. The van der Waals surface area contributed by atoms with Crippen LogP contribution in [0.4, 0.5) is 0 Å². The normalized spacial score (nSPS) is 15.7. The summed E-state index contributed by atoms with van der Waals surface area (Å²) in [6.45, 7) is 2.47. The quantitative estimate of drug-likeness (QED) is 0.211. The molecule has 4 aromatic rings. The molecule has 218 valence electrons. The average molecular weight is 623 g/mol. The molecule has 1 aliphatic rings. The lowest BCUT2D eigenvalue weighted by molar-refractivity contribution is -0.125. The standard InChI is InChI=1S/C32H31ClN2O5S2/c1-2-28(42(38,39)40)22-14-12-21(13-15-22)25-20-27(41-29(25)24-10-6-7-11-26(24)33)30(36)35-18-16-32(17-19-35,31(34)37)23-8-4-3-5-9-23/h3-15,20,28H,2,16-19H2,1H3,(H2,34,37)(H,38,39,40). The highest BCUT2D eigenvalue weighted by Crippen LogP contribution is 2.44. The zero-order valence-corrected chi connectivity index (χ0v) is 25.4. The summed E-state index contributed by atoms with van der Waals surface area (Å²) in [6, 6.07) is 25.7. The van der Waals surface area contributed by atoms with Gasteiger partial charge in [0.05, 0.1) is 10.3 Å². The smallest absolute Gasteiger partial charge is 0.271 e. The van der Waals surface area contributed by atoms with Gasteiger partial charge in [-0.15, -0.1) is 11.3 Å². The molecule has 0 radical (unpaired) electrons. The van der Waals surface area contributed by atoms with Gasteiger partial charge in [-0.25, -0.2) is 0 Å². The summed E-state index contributed by atoms with van der Waals surface area (Å²) in [5.74, 6) is -0.525. The molecule has 1 fully saturated rings. The molecule has 0 bridgehead atoms. The van der Waals surface area contributed by atoms with Gasteiger partial charge in [0.1, 0.15) is 5.25 Å². The second kappa shape index (κ2) is 12.0. The number of carbonyl (C=O) groups excluding carboxylic acids is 2. The lowest BCUT2D eigenvalue weighted by atomic mass is 9.72. The molecule has 0 spiro atoms. The summed E-state index contributed by atoms with van der Waals surface area (Å²) in [4.78, 5) is 29.5. The summed E-state index contributed by atoms with van der Waals surface area (Å²) < 4.78 is 33.4. The van der Waals surface area contributed by atoms with E-state index < -0.39 is 20.8 Å². The van der Waals surface area contributed by atoms with Crippen LogP contribution in [-0.4, -0.2) is 42.8 Å². The maximum Gasteiger partial charge on any atom is 0.271 e. The largest absolute Gasteiger partial charge is 0.369 e. The number of thiophene rings is 1. The average Bonchev–Trinajstić information content (AvgIpc) is 3.43. The molecular formula is C32H31ClN2O5S2. The number of hydrogen-bond acceptors (Lipinski definition) is 5. The van der Waals surface area contributed by atoms with Crippen LogP contribution in [0, 0.1) is 0 Å². The van der Waals surface area contributed by atoms with Crippen molar-refractivity contribution in [1.29, 1.82) is 0 Å². The van der Waals surface area contributed by atoms with Gasteiger partial charge in [-0.05, 0) is 48.1 Å². The van der Waals surface area contributed by atoms with E-state index in [0.29, 0.717) is 41.4 Å². The number of piperidine rings is 1. The van der Waals surface area contributed by atoms with Crippen molar-refractivity contribution in [3.8, 4) is 21.6 Å². The molecule has 1 unspecified atom stereocenters. The summed E-state index contributed by atoms with van der Waals surface area (Å²) in [6.07, 6.45) is 1.10. The fourth-order valence-corrected chi connectivity index (χ4v) is 8.13. The Bertz CT molecular complexity index is 1710. The van der Waals surface area contributed by atoms with E-state index in [-0.39, 0.29) is 18.2 Å². The predicted octanol–water partition coefficient (Wildman–Crippen LogP) is 6.73. The number of rotatable bonds is 8. The van der Waals surface area contributed by atoms with E-state index in [0.717, 1.165) is 27.1 Å². The molecule has 0 saturated carbocycles. The number of hydrogen-bond donors (Lipinski definition) is 2. The molecule has 7 nitrogen and oxygen atoms in total. The van der Waals surface area contributed by atoms with E-state index in [2.05, 4.69) is 0 Å². The van der Waals surface area contributed by atoms with Crippen LogP contribution in [0.25, 0.3) is 21.6 Å². The molecule has 0 aliphatic carbocycles. The van der Waals surface area contributed by atoms with Crippen LogP contribution in [0.2, 0.25) is 5.02 Å². The Morgan fingerprint density at radius 2 is 1.60 bits per heavy atom. The Morgan fingerprint density at radius 3 is 2.17 bits per heavy atom. The molecule has 3 aromatic carbocycles. The Morgan fingerprint density at radius 1 is 0.976 bits per heavy atom.